The molecule has 0 amide bonds. The molecule has 2 aromatic carbocycles. The van der Waals surface area contributed by atoms with Crippen molar-refractivity contribution in [2.24, 2.45) is 0 Å². The summed E-state index contributed by atoms with van der Waals surface area (Å²) in [5, 5.41) is 7.50. The number of ether oxygens (including phenoxy) is 1. The second kappa shape index (κ2) is 10.4. The highest BCUT2D eigenvalue weighted by atomic mass is 32.1. The van der Waals surface area contributed by atoms with Crippen molar-refractivity contribution in [3.05, 3.63) is 72.1 Å². The summed E-state index contributed by atoms with van der Waals surface area (Å²) in [7, 11) is 4.09. The van der Waals surface area contributed by atoms with E-state index in [4.69, 9.17) is 9.72 Å². The lowest BCUT2D eigenvalue weighted by molar-refractivity contribution is 0.313. The lowest BCUT2D eigenvalue weighted by Crippen LogP contribution is -2.44. The number of piperazine rings is 1. The monoisotopic (exact) mass is 474 g/mol. The van der Waals surface area contributed by atoms with Gasteiger partial charge in [0.2, 0.25) is 0 Å². The molecule has 0 spiro atoms. The Morgan fingerprint density at radius 1 is 0.941 bits per heavy atom. The Kier molecular flexibility index (Phi) is 6.89. The van der Waals surface area contributed by atoms with E-state index in [-0.39, 0.29) is 0 Å². The maximum atomic E-state index is 6.06. The third-order valence-electron chi connectivity index (χ3n) is 5.99. The number of nitrogens with one attached hydrogen (secondary N) is 2. The van der Waals surface area contributed by atoms with Crippen molar-refractivity contribution in [2.45, 2.75) is 13.1 Å². The average molecular weight is 475 g/mol. The summed E-state index contributed by atoms with van der Waals surface area (Å²) in [6, 6.07) is 18.7. The number of hydrogen-bond acceptors (Lipinski definition) is 8. The summed E-state index contributed by atoms with van der Waals surface area (Å²) in [5.74, 6) is 1.58. The molecule has 1 saturated heterocycles. The lowest BCUT2D eigenvalue weighted by Gasteiger charge is -2.34. The number of likely N-dealkylation sites (N-methyl/N-ethyl adjacent to an activating group) is 1. The molecule has 0 aliphatic carbocycles. The van der Waals surface area contributed by atoms with E-state index >= 15 is 0 Å². The maximum Gasteiger partial charge on any atom is 0.184 e. The maximum absolute atomic E-state index is 6.06. The molecule has 7 nitrogen and oxygen atoms in total. The second-order valence-electron chi connectivity index (χ2n) is 8.57. The van der Waals surface area contributed by atoms with E-state index in [0.29, 0.717) is 6.54 Å². The van der Waals surface area contributed by atoms with Crippen molar-refractivity contribution in [1.82, 2.24) is 20.2 Å². The number of aromatic nitrogens is 2. The van der Waals surface area contributed by atoms with Crippen LogP contribution in [0.5, 0.6) is 11.5 Å². The van der Waals surface area contributed by atoms with Gasteiger partial charge < -0.3 is 25.2 Å². The molecular weight excluding hydrogens is 444 g/mol. The number of thiazole rings is 1. The van der Waals surface area contributed by atoms with Gasteiger partial charge in [-0.1, -0.05) is 23.5 Å². The first-order chi connectivity index (χ1) is 16.7. The van der Waals surface area contributed by atoms with Crippen molar-refractivity contribution in [3.8, 4) is 11.5 Å². The first-order valence-electron chi connectivity index (χ1n) is 11.6. The van der Waals surface area contributed by atoms with Crippen LogP contribution in [0.3, 0.4) is 0 Å². The predicted octanol–water partition coefficient (Wildman–Crippen LogP) is 4.57. The van der Waals surface area contributed by atoms with Gasteiger partial charge in [-0.05, 0) is 50.0 Å². The minimum atomic E-state index is 0.707. The average Bonchev–Trinajstić information content (AvgIpc) is 3.26. The number of anilines is 2. The van der Waals surface area contributed by atoms with E-state index in [1.54, 1.807) is 17.5 Å². The van der Waals surface area contributed by atoms with E-state index < -0.39 is 0 Å². The van der Waals surface area contributed by atoms with Crippen LogP contribution in [0, 0.1) is 0 Å². The van der Waals surface area contributed by atoms with Crippen LogP contribution >= 0.6 is 11.3 Å². The van der Waals surface area contributed by atoms with Gasteiger partial charge in [0, 0.05) is 63.3 Å². The van der Waals surface area contributed by atoms with Crippen molar-refractivity contribution >= 4 is 32.4 Å². The standard InChI is InChI=1S/C26H30N6OS/c1-27-18-20-15-23(9-10-28-20)33-22-7-8-24-25(16-22)34-26(30-24)29-17-19-3-5-21(6-4-19)32-13-11-31(2)12-14-32/h3-10,15-16,27H,11-14,17-18H2,1-2H3,(H,29,30). The molecule has 0 bridgehead atoms. The fraction of sp³-hybridized carbons (Fsp3) is 0.308. The quantitative estimate of drug-likeness (QED) is 0.388. The highest BCUT2D eigenvalue weighted by Gasteiger charge is 2.14. The van der Waals surface area contributed by atoms with E-state index in [1.165, 1.54) is 11.3 Å². The zero-order valence-corrected chi connectivity index (χ0v) is 20.4. The molecule has 0 unspecified atom stereocenters. The summed E-state index contributed by atoms with van der Waals surface area (Å²) in [6.07, 6.45) is 1.77. The predicted molar refractivity (Wildman–Crippen MR) is 140 cm³/mol. The van der Waals surface area contributed by atoms with E-state index in [0.717, 1.165) is 65.3 Å². The van der Waals surface area contributed by atoms with Gasteiger partial charge in [0.05, 0.1) is 15.9 Å². The molecule has 1 fully saturated rings. The number of benzene rings is 2. The molecular formula is C26H30N6OS. The van der Waals surface area contributed by atoms with Gasteiger partial charge in [-0.2, -0.15) is 0 Å². The van der Waals surface area contributed by atoms with Crippen LogP contribution in [0.4, 0.5) is 10.8 Å². The highest BCUT2D eigenvalue weighted by Crippen LogP contribution is 2.31. The summed E-state index contributed by atoms with van der Waals surface area (Å²) in [5.41, 5.74) is 4.46. The van der Waals surface area contributed by atoms with Gasteiger partial charge in [-0.15, -0.1) is 0 Å². The smallest absolute Gasteiger partial charge is 0.184 e. The Labute approximate surface area is 204 Å². The van der Waals surface area contributed by atoms with Crippen LogP contribution in [0.25, 0.3) is 10.2 Å². The van der Waals surface area contributed by atoms with Gasteiger partial charge in [0.1, 0.15) is 11.5 Å². The van der Waals surface area contributed by atoms with Crippen molar-refractivity contribution < 1.29 is 4.74 Å². The van der Waals surface area contributed by atoms with Gasteiger partial charge in [0.15, 0.2) is 5.13 Å². The largest absolute Gasteiger partial charge is 0.457 e. The van der Waals surface area contributed by atoms with Crippen molar-refractivity contribution in [2.75, 3.05) is 50.5 Å². The minimum Gasteiger partial charge on any atom is -0.457 e. The Morgan fingerprint density at radius 2 is 1.74 bits per heavy atom. The topological polar surface area (TPSA) is 65.6 Å². The van der Waals surface area contributed by atoms with Crippen LogP contribution in [0.1, 0.15) is 11.3 Å². The third-order valence-corrected chi connectivity index (χ3v) is 6.97. The van der Waals surface area contributed by atoms with Crippen LogP contribution in [0.2, 0.25) is 0 Å². The highest BCUT2D eigenvalue weighted by molar-refractivity contribution is 7.22. The summed E-state index contributed by atoms with van der Waals surface area (Å²) < 4.78 is 7.16. The number of fused-ring (bicyclic) bond motifs is 1. The van der Waals surface area contributed by atoms with Crippen LogP contribution in [-0.2, 0) is 13.1 Å². The zero-order valence-electron chi connectivity index (χ0n) is 19.6. The van der Waals surface area contributed by atoms with E-state index in [1.807, 2.05) is 37.4 Å². The Morgan fingerprint density at radius 3 is 2.53 bits per heavy atom. The second-order valence-corrected chi connectivity index (χ2v) is 9.60. The van der Waals surface area contributed by atoms with Gasteiger partial charge in [-0.3, -0.25) is 4.98 Å². The molecule has 2 aromatic heterocycles. The van der Waals surface area contributed by atoms with Gasteiger partial charge in [-0.25, -0.2) is 4.98 Å². The Hall–Kier alpha value is -3.20. The van der Waals surface area contributed by atoms with Gasteiger partial charge >= 0.3 is 0 Å². The molecule has 8 heteroatoms. The lowest BCUT2D eigenvalue weighted by atomic mass is 10.2. The van der Waals surface area contributed by atoms with Gasteiger partial charge in [0.25, 0.3) is 0 Å². The molecule has 2 N–H and O–H groups in total. The minimum absolute atomic E-state index is 0.707. The molecule has 1 aliphatic rings. The Balaban J connectivity index is 1.21. The molecule has 34 heavy (non-hydrogen) atoms. The van der Waals surface area contributed by atoms with Crippen molar-refractivity contribution in [1.29, 1.82) is 0 Å². The number of rotatable bonds is 8. The van der Waals surface area contributed by atoms with Crippen molar-refractivity contribution in [3.63, 3.8) is 0 Å². The SMILES string of the molecule is CNCc1cc(Oc2ccc3nc(NCc4ccc(N5CCN(C)CC5)cc4)sc3c2)ccn1. The summed E-state index contributed by atoms with van der Waals surface area (Å²) in [6.45, 7) is 5.87. The first kappa shape index (κ1) is 22.6. The molecule has 1 aliphatic heterocycles. The van der Waals surface area contributed by atoms with E-state index in [2.05, 4.69) is 56.7 Å². The Bertz CT molecular complexity index is 1230. The molecule has 0 saturated carbocycles. The zero-order chi connectivity index (χ0) is 23.3. The number of pyridine rings is 1. The third kappa shape index (κ3) is 5.47. The molecule has 4 aromatic rings. The molecule has 0 radical (unpaired) electrons. The number of nitrogens with zero attached hydrogens (tertiary/aromatic N) is 4. The fourth-order valence-electron chi connectivity index (χ4n) is 4.04. The first-order valence-corrected chi connectivity index (χ1v) is 12.4. The van der Waals surface area contributed by atoms with E-state index in [9.17, 15) is 0 Å². The fourth-order valence-corrected chi connectivity index (χ4v) is 4.93. The number of hydrogen-bond donors (Lipinski definition) is 2. The molecule has 3 heterocycles. The molecule has 5 rings (SSSR count). The summed E-state index contributed by atoms with van der Waals surface area (Å²) in [4.78, 5) is 13.9. The molecule has 176 valence electrons. The van der Waals surface area contributed by atoms with Crippen LogP contribution in [-0.4, -0.2) is 55.1 Å². The van der Waals surface area contributed by atoms with Crippen LogP contribution in [0.15, 0.2) is 60.8 Å². The molecule has 0 atom stereocenters. The normalized spacial score (nSPS) is 14.5. The summed E-state index contributed by atoms with van der Waals surface area (Å²) >= 11 is 1.64. The van der Waals surface area contributed by atoms with Crippen LogP contribution < -0.4 is 20.3 Å².